The lowest BCUT2D eigenvalue weighted by Gasteiger charge is -2.20. The lowest BCUT2D eigenvalue weighted by atomic mass is 10.7. The number of nitrogens with two attached hydrogens (primary N) is 1. The predicted octanol–water partition coefficient (Wildman–Crippen LogP) is -2.12. The van der Waals surface area contributed by atoms with E-state index in [1.165, 1.54) is 7.05 Å². The van der Waals surface area contributed by atoms with Crippen LogP contribution in [0.1, 0.15) is 0 Å². The summed E-state index contributed by atoms with van der Waals surface area (Å²) >= 11 is 0. The second-order valence-electron chi connectivity index (χ2n) is 1.75. The van der Waals surface area contributed by atoms with Crippen molar-refractivity contribution in [3.05, 3.63) is 0 Å². The van der Waals surface area contributed by atoms with Crippen molar-refractivity contribution in [3.63, 3.8) is 0 Å². The molecule has 0 aliphatic rings. The maximum absolute atomic E-state index is 10.6. The van der Waals surface area contributed by atoms with Gasteiger partial charge < -0.3 is 14.7 Å². The average Bonchev–Trinajstić information content (AvgIpc) is 1.89. The van der Waals surface area contributed by atoms with Crippen molar-refractivity contribution < 1.29 is 19.3 Å². The van der Waals surface area contributed by atoms with E-state index in [9.17, 15) is 9.46 Å². The summed E-state index contributed by atoms with van der Waals surface area (Å²) in [5.41, 5.74) is 0. The van der Waals surface area contributed by atoms with Crippen molar-refractivity contribution in [2.75, 3.05) is 27.2 Å². The van der Waals surface area contributed by atoms with Gasteiger partial charge in [-0.05, 0) is 7.05 Å². The standard InChI is InChI=1S/C4H13N2O3P/c1-5-3-4-9-10(7,8)6-2/h5H,3-4H2,1-2H3,(H2,6,7,8). The van der Waals surface area contributed by atoms with E-state index in [0.29, 0.717) is 6.54 Å². The van der Waals surface area contributed by atoms with Crippen molar-refractivity contribution in [1.29, 1.82) is 0 Å². The molecule has 62 valence electrons. The van der Waals surface area contributed by atoms with Gasteiger partial charge in [-0.3, -0.25) is 9.65 Å². The number of likely N-dealkylation sites (N-methyl/N-ethyl adjacent to an activating group) is 1. The van der Waals surface area contributed by atoms with Crippen LogP contribution in [0.5, 0.6) is 0 Å². The third-order valence-electron chi connectivity index (χ3n) is 0.942. The van der Waals surface area contributed by atoms with Gasteiger partial charge in [-0.2, -0.15) is 0 Å². The van der Waals surface area contributed by atoms with Gasteiger partial charge in [0.2, 0.25) is 7.75 Å². The third-order valence-corrected chi connectivity index (χ3v) is 2.01. The minimum absolute atomic E-state index is 0.220. The molecule has 0 aliphatic carbocycles. The van der Waals surface area contributed by atoms with E-state index in [0.717, 1.165) is 0 Å². The molecule has 1 unspecified atom stereocenters. The maximum Gasteiger partial charge on any atom is 0.204 e. The molecule has 0 fully saturated rings. The zero-order valence-corrected chi connectivity index (χ0v) is 7.06. The highest BCUT2D eigenvalue weighted by Crippen LogP contribution is 2.28. The molecule has 5 nitrogen and oxygen atoms in total. The first-order valence-corrected chi connectivity index (χ1v) is 4.59. The molecular weight excluding hydrogens is 155 g/mol. The highest BCUT2D eigenvalue weighted by molar-refractivity contribution is 7.49. The van der Waals surface area contributed by atoms with Crippen LogP contribution in [0.4, 0.5) is 0 Å². The topological polar surface area (TPSA) is 78.0 Å². The van der Waals surface area contributed by atoms with Crippen LogP contribution in [-0.2, 0) is 9.09 Å². The van der Waals surface area contributed by atoms with Crippen molar-refractivity contribution in [2.45, 2.75) is 0 Å². The molecule has 0 aromatic heterocycles. The van der Waals surface area contributed by atoms with Crippen LogP contribution in [0.3, 0.4) is 0 Å². The van der Waals surface area contributed by atoms with E-state index in [1.807, 2.05) is 12.4 Å². The summed E-state index contributed by atoms with van der Waals surface area (Å²) in [5, 5.41) is 3.91. The Hall–Kier alpha value is 0.0700. The molecule has 1 atom stereocenters. The SMILES string of the molecule is CNP(=O)([O-])OCC[NH2+]C. The van der Waals surface area contributed by atoms with E-state index in [-0.39, 0.29) is 6.61 Å². The van der Waals surface area contributed by atoms with Gasteiger partial charge in [0, 0.05) is 0 Å². The molecule has 0 aromatic rings. The monoisotopic (exact) mass is 168 g/mol. The van der Waals surface area contributed by atoms with Crippen LogP contribution in [0.15, 0.2) is 0 Å². The Morgan fingerprint density at radius 3 is 2.80 bits per heavy atom. The summed E-state index contributed by atoms with van der Waals surface area (Å²) in [6, 6.07) is 0. The maximum atomic E-state index is 10.6. The largest absolute Gasteiger partial charge is 0.766 e. The fraction of sp³-hybridized carbons (Fsp3) is 1.00. The summed E-state index contributed by atoms with van der Waals surface area (Å²) in [6.07, 6.45) is 0. The average molecular weight is 168 g/mol. The van der Waals surface area contributed by atoms with Gasteiger partial charge in [0.25, 0.3) is 0 Å². The van der Waals surface area contributed by atoms with Crippen LogP contribution in [0.25, 0.3) is 0 Å². The molecule has 3 N–H and O–H groups in total. The number of hydrogen-bond donors (Lipinski definition) is 2. The van der Waals surface area contributed by atoms with Crippen LogP contribution < -0.4 is 15.3 Å². The third kappa shape index (κ3) is 4.90. The first-order chi connectivity index (χ1) is 4.62. The predicted molar refractivity (Wildman–Crippen MR) is 35.3 cm³/mol. The van der Waals surface area contributed by atoms with E-state index in [2.05, 4.69) is 9.61 Å². The molecule has 0 heterocycles. The van der Waals surface area contributed by atoms with Crippen LogP contribution >= 0.6 is 7.75 Å². The van der Waals surface area contributed by atoms with Gasteiger partial charge in [-0.25, -0.2) is 0 Å². The van der Waals surface area contributed by atoms with Gasteiger partial charge in [-0.1, -0.05) is 0 Å². The number of rotatable bonds is 5. The Morgan fingerprint density at radius 1 is 1.80 bits per heavy atom. The molecule has 0 saturated heterocycles. The summed E-state index contributed by atoms with van der Waals surface area (Å²) in [6.45, 7) is 0.867. The Kier molecular flexibility index (Phi) is 4.85. The second-order valence-corrected chi connectivity index (χ2v) is 3.45. The summed E-state index contributed by atoms with van der Waals surface area (Å²) in [7, 11) is -0.555. The van der Waals surface area contributed by atoms with Crippen LogP contribution in [0.2, 0.25) is 0 Å². The van der Waals surface area contributed by atoms with E-state index in [1.54, 1.807) is 0 Å². The fourth-order valence-corrected chi connectivity index (χ4v) is 0.830. The van der Waals surface area contributed by atoms with Crippen LogP contribution in [-0.4, -0.2) is 27.2 Å². The van der Waals surface area contributed by atoms with Gasteiger partial charge in [0.05, 0.1) is 13.6 Å². The lowest BCUT2D eigenvalue weighted by Crippen LogP contribution is -2.80. The molecule has 6 heteroatoms. The summed E-state index contributed by atoms with van der Waals surface area (Å²) in [5.74, 6) is 0. The van der Waals surface area contributed by atoms with Gasteiger partial charge in [0.1, 0.15) is 6.61 Å². The molecule has 0 saturated carbocycles. The quantitative estimate of drug-likeness (QED) is 0.363. The Morgan fingerprint density at radius 2 is 2.40 bits per heavy atom. The smallest absolute Gasteiger partial charge is 0.204 e. The first-order valence-electron chi connectivity index (χ1n) is 3.05. The number of hydrogen-bond acceptors (Lipinski definition) is 3. The van der Waals surface area contributed by atoms with Crippen molar-refractivity contribution >= 4 is 7.75 Å². The fourth-order valence-electron chi connectivity index (χ4n) is 0.355. The van der Waals surface area contributed by atoms with Crippen LogP contribution in [0, 0.1) is 0 Å². The Balaban J connectivity index is 3.38. The molecule has 10 heavy (non-hydrogen) atoms. The highest BCUT2D eigenvalue weighted by Gasteiger charge is 2.02. The van der Waals surface area contributed by atoms with Gasteiger partial charge in [0.15, 0.2) is 0 Å². The first kappa shape index (κ1) is 10.1. The summed E-state index contributed by atoms with van der Waals surface area (Å²) in [4.78, 5) is 10.6. The van der Waals surface area contributed by atoms with Gasteiger partial charge >= 0.3 is 0 Å². The molecule has 0 bridgehead atoms. The van der Waals surface area contributed by atoms with E-state index >= 15 is 0 Å². The van der Waals surface area contributed by atoms with E-state index < -0.39 is 7.75 Å². The van der Waals surface area contributed by atoms with Crippen molar-refractivity contribution in [3.8, 4) is 0 Å². The van der Waals surface area contributed by atoms with E-state index in [4.69, 9.17) is 0 Å². The minimum Gasteiger partial charge on any atom is -0.766 e. The highest BCUT2D eigenvalue weighted by atomic mass is 31.2. The number of quaternary nitrogens is 1. The molecule has 0 rings (SSSR count). The van der Waals surface area contributed by atoms with Crippen molar-refractivity contribution in [2.24, 2.45) is 0 Å². The molecule has 0 aliphatic heterocycles. The number of nitrogens with one attached hydrogen (secondary N) is 1. The molecule has 0 amide bonds. The Labute approximate surface area is 60.4 Å². The normalized spacial score (nSPS) is 16.7. The summed E-state index contributed by atoms with van der Waals surface area (Å²) < 4.78 is 15.0. The molecule has 0 spiro atoms. The zero-order chi connectivity index (χ0) is 8.04. The molecular formula is C4H13N2O3P. The lowest BCUT2D eigenvalue weighted by molar-refractivity contribution is -0.627. The molecule has 0 aromatic carbocycles. The zero-order valence-electron chi connectivity index (χ0n) is 6.16. The second kappa shape index (κ2) is 4.82. The minimum atomic E-state index is -3.72. The van der Waals surface area contributed by atoms with Crippen molar-refractivity contribution in [1.82, 2.24) is 5.09 Å². The van der Waals surface area contributed by atoms with Gasteiger partial charge in [-0.15, -0.1) is 0 Å². The molecule has 0 radical (unpaired) electrons. The Bertz CT molecular complexity index is 130.